The second kappa shape index (κ2) is 10.9. The molecule has 4 heterocycles. The molecule has 0 saturated heterocycles. The van der Waals surface area contributed by atoms with Gasteiger partial charge in [0.1, 0.15) is 0 Å². The molecule has 0 aliphatic carbocycles. The SMILES string of the molecule is CC1(C)c2cc(-c3c4ccccc4c(-c4ccc5c(c4)C(C)(C)c4cccc6c7ccccc7n-5c46)c4ccccc34)ccc2-n2c3ccccc3c3cccc1c32. The predicted octanol–water partition coefficient (Wildman–Crippen LogP) is 14.8. The molecule has 9 aromatic carbocycles. The molecular formula is C56H40N2. The molecule has 0 N–H and O–H groups in total. The lowest BCUT2D eigenvalue weighted by atomic mass is 9.73. The molecule has 0 radical (unpaired) electrons. The van der Waals surface area contributed by atoms with E-state index in [4.69, 9.17) is 0 Å². The molecule has 2 heteroatoms. The van der Waals surface area contributed by atoms with Gasteiger partial charge >= 0.3 is 0 Å². The molecule has 0 atom stereocenters. The Morgan fingerprint density at radius 1 is 0.310 bits per heavy atom. The van der Waals surface area contributed by atoms with Crippen molar-refractivity contribution in [2.24, 2.45) is 0 Å². The van der Waals surface area contributed by atoms with Crippen molar-refractivity contribution in [1.29, 1.82) is 0 Å². The van der Waals surface area contributed by atoms with E-state index < -0.39 is 0 Å². The number of hydrogen-bond donors (Lipinski definition) is 0. The van der Waals surface area contributed by atoms with E-state index in [1.165, 1.54) is 121 Å². The Morgan fingerprint density at radius 3 is 1.05 bits per heavy atom. The second-order valence-electron chi connectivity index (χ2n) is 17.7. The summed E-state index contributed by atoms with van der Waals surface area (Å²) in [6, 6.07) is 64.2. The highest BCUT2D eigenvalue weighted by atomic mass is 15.0. The molecule has 2 nitrogen and oxygen atoms in total. The van der Waals surface area contributed by atoms with E-state index in [0.29, 0.717) is 0 Å². The third-order valence-corrected chi connectivity index (χ3v) is 14.1. The monoisotopic (exact) mass is 740 g/mol. The number of fused-ring (bicyclic) bond motifs is 12. The molecule has 274 valence electrons. The van der Waals surface area contributed by atoms with Crippen LogP contribution in [0.3, 0.4) is 0 Å². The predicted molar refractivity (Wildman–Crippen MR) is 245 cm³/mol. The number of nitrogens with zero attached hydrogens (tertiary/aromatic N) is 2. The first kappa shape index (κ1) is 32.2. The summed E-state index contributed by atoms with van der Waals surface area (Å²) in [5.74, 6) is 0. The first-order chi connectivity index (χ1) is 28.3. The van der Waals surface area contributed by atoms with Gasteiger partial charge in [-0.15, -0.1) is 0 Å². The Labute approximate surface area is 337 Å². The van der Waals surface area contributed by atoms with Gasteiger partial charge in [-0.2, -0.15) is 0 Å². The lowest BCUT2D eigenvalue weighted by molar-refractivity contribution is 0.630. The summed E-state index contributed by atoms with van der Waals surface area (Å²) in [5.41, 5.74) is 17.9. The number of rotatable bonds is 2. The topological polar surface area (TPSA) is 9.86 Å². The van der Waals surface area contributed by atoms with Crippen LogP contribution in [0.2, 0.25) is 0 Å². The van der Waals surface area contributed by atoms with E-state index in [-0.39, 0.29) is 10.8 Å². The van der Waals surface area contributed by atoms with Gasteiger partial charge in [-0.3, -0.25) is 0 Å². The maximum Gasteiger partial charge on any atom is 0.0582 e. The highest BCUT2D eigenvalue weighted by Crippen LogP contribution is 2.52. The molecule has 0 spiro atoms. The first-order valence-electron chi connectivity index (χ1n) is 20.6. The molecule has 2 aliphatic rings. The van der Waals surface area contributed by atoms with E-state index >= 15 is 0 Å². The maximum absolute atomic E-state index is 2.52. The van der Waals surface area contributed by atoms with Crippen LogP contribution in [0.1, 0.15) is 49.9 Å². The molecular weight excluding hydrogens is 701 g/mol. The standard InChI is InChI=1S/C56H40N2/c1-55(2)43-23-13-21-41-35-15-9-11-25-47(35)57(53(41)43)49-29-27-33(31-45(49)55)51-37-17-5-7-19-39(37)52(40-20-8-6-18-38(40)51)34-28-30-50-46(32-34)56(3,4)44-24-14-22-42-36-16-10-12-26-48(36)58(50)54(42)44/h5-32H,1-4H3. The Kier molecular flexibility index (Phi) is 6.07. The van der Waals surface area contributed by atoms with Gasteiger partial charge in [-0.05, 0) is 102 Å². The van der Waals surface area contributed by atoms with Gasteiger partial charge in [0.25, 0.3) is 0 Å². The quantitative estimate of drug-likeness (QED) is 0.156. The Hall–Kier alpha value is -6.90. The van der Waals surface area contributed by atoms with Gasteiger partial charge in [0.2, 0.25) is 0 Å². The fourth-order valence-electron chi connectivity index (χ4n) is 11.4. The van der Waals surface area contributed by atoms with Crippen LogP contribution in [0.25, 0.3) is 98.8 Å². The fraction of sp³-hybridized carbons (Fsp3) is 0.107. The number of benzene rings is 9. The van der Waals surface area contributed by atoms with E-state index in [0.717, 1.165) is 0 Å². The largest absolute Gasteiger partial charge is 0.309 e. The Balaban J connectivity index is 1.06. The van der Waals surface area contributed by atoms with Crippen molar-refractivity contribution in [2.75, 3.05) is 0 Å². The van der Waals surface area contributed by atoms with Crippen LogP contribution >= 0.6 is 0 Å². The van der Waals surface area contributed by atoms with Crippen molar-refractivity contribution in [1.82, 2.24) is 9.13 Å². The summed E-state index contributed by atoms with van der Waals surface area (Å²) in [5, 5.41) is 10.4. The van der Waals surface area contributed by atoms with Crippen LogP contribution in [0.4, 0.5) is 0 Å². The zero-order valence-corrected chi connectivity index (χ0v) is 33.1. The van der Waals surface area contributed by atoms with Crippen LogP contribution in [-0.2, 0) is 10.8 Å². The average molecular weight is 741 g/mol. The van der Waals surface area contributed by atoms with Crippen molar-refractivity contribution >= 4 is 65.2 Å². The third kappa shape index (κ3) is 3.88. The Morgan fingerprint density at radius 2 is 0.655 bits per heavy atom. The van der Waals surface area contributed by atoms with E-state index in [9.17, 15) is 0 Å². The molecule has 13 rings (SSSR count). The van der Waals surface area contributed by atoms with Crippen LogP contribution in [0.15, 0.2) is 170 Å². The van der Waals surface area contributed by atoms with Crippen molar-refractivity contribution in [2.45, 2.75) is 38.5 Å². The lowest BCUT2D eigenvalue weighted by Gasteiger charge is -2.35. The summed E-state index contributed by atoms with van der Waals surface area (Å²) in [6.45, 7) is 9.62. The summed E-state index contributed by atoms with van der Waals surface area (Å²) < 4.78 is 5.03. The van der Waals surface area contributed by atoms with Gasteiger partial charge in [-0.25, -0.2) is 0 Å². The third-order valence-electron chi connectivity index (χ3n) is 14.1. The molecule has 2 aliphatic heterocycles. The summed E-state index contributed by atoms with van der Waals surface area (Å²) in [6.07, 6.45) is 0. The van der Waals surface area contributed by atoms with Gasteiger partial charge in [0.05, 0.1) is 33.4 Å². The van der Waals surface area contributed by atoms with E-state index in [1.54, 1.807) is 0 Å². The fourth-order valence-corrected chi connectivity index (χ4v) is 11.4. The molecule has 0 unspecified atom stereocenters. The zero-order valence-electron chi connectivity index (χ0n) is 33.1. The molecule has 0 saturated carbocycles. The maximum atomic E-state index is 2.52. The van der Waals surface area contributed by atoms with Crippen molar-refractivity contribution in [3.63, 3.8) is 0 Å². The molecule has 11 aromatic rings. The van der Waals surface area contributed by atoms with Gasteiger partial charge in [-0.1, -0.05) is 161 Å². The minimum atomic E-state index is -0.189. The van der Waals surface area contributed by atoms with Crippen LogP contribution in [-0.4, -0.2) is 9.13 Å². The molecule has 0 bridgehead atoms. The lowest BCUT2D eigenvalue weighted by Crippen LogP contribution is -2.26. The van der Waals surface area contributed by atoms with E-state index in [1.807, 2.05) is 0 Å². The summed E-state index contributed by atoms with van der Waals surface area (Å²) in [7, 11) is 0. The van der Waals surface area contributed by atoms with E-state index in [2.05, 4.69) is 207 Å². The van der Waals surface area contributed by atoms with Crippen LogP contribution in [0.5, 0.6) is 0 Å². The van der Waals surface area contributed by atoms with Crippen molar-refractivity contribution < 1.29 is 0 Å². The minimum Gasteiger partial charge on any atom is -0.309 e. The summed E-state index contributed by atoms with van der Waals surface area (Å²) in [4.78, 5) is 0. The molecule has 0 fully saturated rings. The molecule has 58 heavy (non-hydrogen) atoms. The zero-order chi connectivity index (χ0) is 38.7. The summed E-state index contributed by atoms with van der Waals surface area (Å²) >= 11 is 0. The Bertz CT molecular complexity index is 3330. The van der Waals surface area contributed by atoms with Gasteiger partial charge < -0.3 is 9.13 Å². The van der Waals surface area contributed by atoms with Crippen molar-refractivity contribution in [3.05, 3.63) is 192 Å². The number of para-hydroxylation sites is 4. The van der Waals surface area contributed by atoms with Gasteiger partial charge in [0, 0.05) is 32.4 Å². The van der Waals surface area contributed by atoms with Crippen LogP contribution < -0.4 is 0 Å². The average Bonchev–Trinajstić information content (AvgIpc) is 3.78. The first-order valence-corrected chi connectivity index (χ1v) is 20.6. The van der Waals surface area contributed by atoms with Gasteiger partial charge in [0.15, 0.2) is 0 Å². The number of aromatic nitrogens is 2. The normalized spacial score (nSPS) is 14.8. The highest BCUT2D eigenvalue weighted by molar-refractivity contribution is 6.22. The highest BCUT2D eigenvalue weighted by Gasteiger charge is 2.37. The molecule has 0 amide bonds. The minimum absolute atomic E-state index is 0.189. The van der Waals surface area contributed by atoms with Crippen LogP contribution in [0, 0.1) is 0 Å². The molecule has 2 aromatic heterocycles. The van der Waals surface area contributed by atoms with Crippen molar-refractivity contribution in [3.8, 4) is 33.6 Å². The smallest absolute Gasteiger partial charge is 0.0582 e. The number of hydrogen-bond acceptors (Lipinski definition) is 0. The second-order valence-corrected chi connectivity index (χ2v) is 17.7.